The molecule has 0 atom stereocenters. The Morgan fingerprint density at radius 2 is 0.914 bits per heavy atom. The van der Waals surface area contributed by atoms with Crippen molar-refractivity contribution in [1.82, 2.24) is 9.13 Å². The van der Waals surface area contributed by atoms with E-state index in [2.05, 4.69) is 37.1 Å². The van der Waals surface area contributed by atoms with E-state index >= 15 is 0 Å². The van der Waals surface area contributed by atoms with Gasteiger partial charge >= 0.3 is 0 Å². The van der Waals surface area contributed by atoms with E-state index in [1.54, 1.807) is 24.3 Å². The highest BCUT2D eigenvalue weighted by Crippen LogP contribution is 2.46. The summed E-state index contributed by atoms with van der Waals surface area (Å²) in [6.07, 6.45) is 13.9. The molecule has 2 aliphatic heterocycles. The molecule has 0 amide bonds. The summed E-state index contributed by atoms with van der Waals surface area (Å²) in [6, 6.07) is 19.1. The van der Waals surface area contributed by atoms with Gasteiger partial charge in [-0.05, 0) is 67.8 Å². The van der Waals surface area contributed by atoms with Crippen molar-refractivity contribution in [2.75, 3.05) is 58.3 Å². The van der Waals surface area contributed by atoms with Crippen LogP contribution in [-0.4, -0.2) is 73.8 Å². The van der Waals surface area contributed by atoms with Gasteiger partial charge in [0, 0.05) is 57.9 Å². The van der Waals surface area contributed by atoms with E-state index < -0.39 is 26.0 Å². The summed E-state index contributed by atoms with van der Waals surface area (Å²) in [7, 11) is -0.499. The summed E-state index contributed by atoms with van der Waals surface area (Å²) in [6.45, 7) is 1.95. The quantitative estimate of drug-likeness (QED) is 0.0515. The minimum Gasteiger partial charge on any atom is -0.329 e. The highest BCUT2D eigenvalue weighted by atomic mass is 35.5. The van der Waals surface area contributed by atoms with Crippen LogP contribution in [0.3, 0.4) is 0 Å². The van der Waals surface area contributed by atoms with Gasteiger partial charge in [0.1, 0.15) is 11.6 Å². The number of rotatable bonds is 17. The minimum atomic E-state index is -4.16. The summed E-state index contributed by atoms with van der Waals surface area (Å²) in [5.41, 5.74) is 7.09. The molecule has 0 spiro atoms. The van der Waals surface area contributed by atoms with Gasteiger partial charge in [0.05, 0.1) is 91.6 Å². The highest BCUT2D eigenvalue weighted by molar-refractivity contribution is 7.86. The Labute approximate surface area is 437 Å². The molecule has 370 valence electrons. The second-order valence-corrected chi connectivity index (χ2v) is 22.7. The SMILES string of the molecule is CN1/C(=C/C=C/c2n(CCCS(=O)(=O)O)c3cc(Cl)c(Cl)cc3[n+]2C)N(CCCCn2c(/C=C/C=C3\N(C)c4cc(Cl)c(Cl)cc4N3CCCS(=O)(=O)O)[n+](C)c3ccccc32)c2cc(Cl)c(Cl)cc21. The fraction of sp³-hybridized carbons (Fsp3) is 0.292. The number of benzene rings is 4. The van der Waals surface area contributed by atoms with Gasteiger partial charge in [-0.2, -0.15) is 16.8 Å². The number of hydrogen-bond acceptors (Lipinski definition) is 8. The van der Waals surface area contributed by atoms with E-state index in [9.17, 15) is 25.9 Å². The molecule has 0 radical (unpaired) electrons. The molecule has 6 aromatic rings. The molecule has 4 heterocycles. The van der Waals surface area contributed by atoms with Crippen molar-refractivity contribution in [2.24, 2.45) is 14.1 Å². The predicted octanol–water partition coefficient (Wildman–Crippen LogP) is 10.8. The first-order valence-corrected chi connectivity index (χ1v) is 27.6. The number of para-hydroxylation sites is 2. The molecule has 14 nitrogen and oxygen atoms in total. The Kier molecular flexibility index (Phi) is 15.5. The molecule has 0 saturated carbocycles. The maximum absolute atomic E-state index is 11.6. The maximum Gasteiger partial charge on any atom is 0.282 e. The summed E-state index contributed by atoms with van der Waals surface area (Å²) in [5.74, 6) is 2.61. The van der Waals surface area contributed by atoms with E-state index in [1.807, 2.05) is 102 Å². The first kappa shape index (κ1) is 51.9. The fourth-order valence-electron chi connectivity index (χ4n) is 9.26. The van der Waals surface area contributed by atoms with Crippen molar-refractivity contribution in [3.05, 3.63) is 138 Å². The monoisotopic (exact) mass is 1110 g/mol. The number of anilines is 4. The van der Waals surface area contributed by atoms with Crippen LogP contribution < -0.4 is 28.7 Å². The van der Waals surface area contributed by atoms with Crippen LogP contribution in [0.15, 0.2) is 96.6 Å². The average Bonchev–Trinajstić information content (AvgIpc) is 3.89. The number of fused-ring (bicyclic) bond motifs is 4. The van der Waals surface area contributed by atoms with Crippen LogP contribution in [-0.2, 0) is 47.4 Å². The van der Waals surface area contributed by atoms with Gasteiger partial charge in [-0.15, -0.1) is 0 Å². The second-order valence-electron chi connectivity index (χ2n) is 17.1. The average molecular weight is 1110 g/mol. The largest absolute Gasteiger partial charge is 0.329 e. The minimum absolute atomic E-state index is 0.173. The molecule has 2 aromatic heterocycles. The molecule has 4 aromatic carbocycles. The van der Waals surface area contributed by atoms with E-state index in [0.717, 1.165) is 80.9 Å². The van der Waals surface area contributed by atoms with Gasteiger partial charge in [-0.1, -0.05) is 93.9 Å². The third kappa shape index (κ3) is 10.8. The number of aromatic nitrogens is 4. The number of aryl methyl sites for hydroxylation is 4. The number of halogens is 6. The molecule has 0 aliphatic carbocycles. The molecule has 0 saturated heterocycles. The zero-order valence-electron chi connectivity index (χ0n) is 38.5. The number of unbranched alkanes of at least 4 members (excludes halogenated alkanes) is 1. The van der Waals surface area contributed by atoms with Crippen molar-refractivity contribution in [2.45, 2.75) is 38.8 Å². The van der Waals surface area contributed by atoms with Crippen LogP contribution in [0.2, 0.25) is 30.1 Å². The lowest BCUT2D eigenvalue weighted by atomic mass is 10.2. The molecule has 0 bridgehead atoms. The number of hydrogen-bond donors (Lipinski definition) is 2. The Morgan fingerprint density at radius 3 is 1.44 bits per heavy atom. The van der Waals surface area contributed by atoms with Crippen molar-refractivity contribution in [3.63, 3.8) is 0 Å². The van der Waals surface area contributed by atoms with E-state index in [-0.39, 0.29) is 18.6 Å². The zero-order chi connectivity index (χ0) is 50.4. The smallest absolute Gasteiger partial charge is 0.282 e. The van der Waals surface area contributed by atoms with Crippen LogP contribution in [0.5, 0.6) is 0 Å². The van der Waals surface area contributed by atoms with Crippen LogP contribution in [0, 0.1) is 0 Å². The number of allylic oxidation sites excluding steroid dienone is 4. The van der Waals surface area contributed by atoms with Gasteiger partial charge < -0.3 is 19.6 Å². The lowest BCUT2D eigenvalue weighted by molar-refractivity contribution is -0.647. The van der Waals surface area contributed by atoms with Gasteiger partial charge in [-0.3, -0.25) is 9.11 Å². The molecule has 2 N–H and O–H groups in total. The van der Waals surface area contributed by atoms with Gasteiger partial charge in [-0.25, -0.2) is 18.3 Å². The summed E-state index contributed by atoms with van der Waals surface area (Å²) < 4.78 is 73.8. The van der Waals surface area contributed by atoms with Crippen LogP contribution in [0.1, 0.15) is 37.3 Å². The summed E-state index contributed by atoms with van der Waals surface area (Å²) in [5, 5.41) is 2.40. The Hall–Kier alpha value is -4.46. The first-order valence-electron chi connectivity index (χ1n) is 22.2. The van der Waals surface area contributed by atoms with Gasteiger partial charge in [0.2, 0.25) is 0 Å². The molecule has 2 aliphatic rings. The van der Waals surface area contributed by atoms with Gasteiger partial charge in [0.15, 0.2) is 22.1 Å². The van der Waals surface area contributed by atoms with Crippen molar-refractivity contribution >= 4 is 147 Å². The Balaban J connectivity index is 1.06. The molecule has 8 rings (SSSR count). The van der Waals surface area contributed by atoms with Gasteiger partial charge in [0.25, 0.3) is 31.9 Å². The van der Waals surface area contributed by atoms with E-state index in [1.165, 1.54) is 0 Å². The molecule has 70 heavy (non-hydrogen) atoms. The van der Waals surface area contributed by atoms with Crippen LogP contribution >= 0.6 is 69.6 Å². The van der Waals surface area contributed by atoms with Crippen LogP contribution in [0.25, 0.3) is 34.2 Å². The number of imidazole rings is 2. The second kappa shape index (κ2) is 20.9. The fourth-order valence-corrected chi connectivity index (χ4v) is 11.2. The van der Waals surface area contributed by atoms with Crippen molar-refractivity contribution in [1.29, 1.82) is 0 Å². The molecule has 0 unspecified atom stereocenters. The maximum atomic E-state index is 11.6. The number of nitrogens with zero attached hydrogens (tertiary/aromatic N) is 8. The van der Waals surface area contributed by atoms with Crippen molar-refractivity contribution in [3.8, 4) is 0 Å². The van der Waals surface area contributed by atoms with E-state index in [4.69, 9.17) is 69.6 Å². The normalized spacial score (nSPS) is 15.5. The lowest BCUT2D eigenvalue weighted by Crippen LogP contribution is -2.31. The molecular formula is C48H50Cl6N8O6S2+2. The predicted molar refractivity (Wildman–Crippen MR) is 286 cm³/mol. The summed E-state index contributed by atoms with van der Waals surface area (Å²) in [4.78, 5) is 8.24. The van der Waals surface area contributed by atoms with Crippen molar-refractivity contribution < 1.29 is 35.1 Å². The zero-order valence-corrected chi connectivity index (χ0v) is 44.7. The topological polar surface area (TPSA) is 139 Å². The Morgan fingerprint density at radius 1 is 0.514 bits per heavy atom. The molecular weight excluding hydrogens is 1060 g/mol. The third-order valence-electron chi connectivity index (χ3n) is 12.6. The van der Waals surface area contributed by atoms with Crippen LogP contribution in [0.4, 0.5) is 22.7 Å². The summed E-state index contributed by atoms with van der Waals surface area (Å²) >= 11 is 39.0. The third-order valence-corrected chi connectivity index (χ3v) is 16.4. The Bertz CT molecular complexity index is 3410. The van der Waals surface area contributed by atoms with E-state index in [0.29, 0.717) is 56.3 Å². The molecule has 22 heteroatoms. The lowest BCUT2D eigenvalue weighted by Gasteiger charge is -2.22. The standard InChI is InChI=1S/C48H48Cl6N8O6S2/c1-55-37-13-5-6-14-38(37)59(45(55)15-9-17-47-57(3)40-26-32(50)35(53)29-43(40)61(47)21-11-23-69(63,64)65)19-7-8-20-60-42-28-34(52)31(49)25-39(42)56(2)46(60)16-10-18-48-58(4)41-27-33(51)36(54)30-44(41)62(48)22-12-24-70(66,67)68/h5-6,9-10,13-18,25-30H,7-8,11-12,19-24H2,1-4H3/p+2. The first-order chi connectivity index (χ1) is 33.1. The highest BCUT2D eigenvalue weighted by Gasteiger charge is 2.32. The molecule has 0 fully saturated rings.